The van der Waals surface area contributed by atoms with Crippen molar-refractivity contribution in [2.45, 2.75) is 33.3 Å². The Bertz CT molecular complexity index is 786. The predicted molar refractivity (Wildman–Crippen MR) is 100 cm³/mol. The summed E-state index contributed by atoms with van der Waals surface area (Å²) in [6.07, 6.45) is 2.35. The highest BCUT2D eigenvalue weighted by Gasteiger charge is 2.19. The van der Waals surface area contributed by atoms with Gasteiger partial charge in [-0.1, -0.05) is 30.3 Å². The Kier molecular flexibility index (Phi) is 6.22. The highest BCUT2D eigenvalue weighted by atomic mass is 16.6. The minimum Gasteiger partial charge on any atom is -0.457 e. The molecule has 0 unspecified atom stereocenters. The number of hydrogen-bond donors (Lipinski definition) is 2. The maximum atomic E-state index is 12.2. The maximum absolute atomic E-state index is 12.2. The van der Waals surface area contributed by atoms with Crippen molar-refractivity contribution in [3.05, 3.63) is 54.4 Å². The van der Waals surface area contributed by atoms with Crippen molar-refractivity contribution in [2.24, 2.45) is 0 Å². The van der Waals surface area contributed by atoms with E-state index in [1.54, 1.807) is 33.9 Å². The van der Waals surface area contributed by atoms with E-state index >= 15 is 0 Å². The number of aromatic nitrogens is 1. The summed E-state index contributed by atoms with van der Waals surface area (Å²) in [4.78, 5) is 27.2. The molecule has 0 fully saturated rings. The van der Waals surface area contributed by atoms with Crippen molar-refractivity contribution in [3.8, 4) is 11.1 Å². The van der Waals surface area contributed by atoms with E-state index in [0.29, 0.717) is 5.69 Å². The zero-order valence-corrected chi connectivity index (χ0v) is 15.5. The van der Waals surface area contributed by atoms with E-state index in [-0.39, 0.29) is 12.3 Å². The second-order valence-corrected chi connectivity index (χ2v) is 6.57. The Morgan fingerprint density at radius 2 is 1.85 bits per heavy atom. The van der Waals surface area contributed by atoms with Crippen LogP contribution in [0.3, 0.4) is 0 Å². The average molecular weight is 356 g/mol. The smallest absolute Gasteiger partial charge is 0.411 e. The molecule has 1 amide bonds. The topological polar surface area (TPSA) is 80.4 Å². The number of aromatic amines is 1. The molecular weight excluding hydrogens is 332 g/mol. The largest absolute Gasteiger partial charge is 0.457 e. The highest BCUT2D eigenvalue weighted by molar-refractivity contribution is 5.96. The Morgan fingerprint density at radius 3 is 2.46 bits per heavy atom. The molecule has 0 aliphatic carbocycles. The quantitative estimate of drug-likeness (QED) is 0.624. The van der Waals surface area contributed by atoms with Gasteiger partial charge in [-0.15, -0.1) is 0 Å². The number of carbonyl (C=O) groups is 2. The molecule has 1 aromatic carbocycles. The lowest BCUT2D eigenvalue weighted by molar-refractivity contribution is -0.148. The third-order valence-corrected chi connectivity index (χ3v) is 3.28. The number of hydrogen-bond acceptors (Lipinski definition) is 4. The Morgan fingerprint density at radius 1 is 1.15 bits per heavy atom. The molecular formula is C20H24N2O4. The van der Waals surface area contributed by atoms with Crippen molar-refractivity contribution in [2.75, 3.05) is 6.61 Å². The molecule has 0 saturated carbocycles. The van der Waals surface area contributed by atoms with E-state index in [1.807, 2.05) is 36.4 Å². The van der Waals surface area contributed by atoms with Crippen LogP contribution < -0.4 is 5.32 Å². The molecule has 6 heteroatoms. The fourth-order valence-corrected chi connectivity index (χ4v) is 2.35. The van der Waals surface area contributed by atoms with Gasteiger partial charge in [0.1, 0.15) is 5.60 Å². The van der Waals surface area contributed by atoms with Crippen LogP contribution >= 0.6 is 0 Å². The SMILES string of the molecule is CCOC(=O)N/C(=C\C(=O)OC(C)(C)C)c1[nH]ccc1-c1ccccc1. The lowest BCUT2D eigenvalue weighted by Gasteiger charge is -2.19. The van der Waals surface area contributed by atoms with Gasteiger partial charge in [-0.2, -0.15) is 0 Å². The van der Waals surface area contributed by atoms with Crippen molar-refractivity contribution in [1.82, 2.24) is 10.3 Å². The number of rotatable bonds is 5. The third-order valence-electron chi connectivity index (χ3n) is 3.28. The van der Waals surface area contributed by atoms with Gasteiger partial charge in [0.25, 0.3) is 0 Å². The van der Waals surface area contributed by atoms with Crippen molar-refractivity contribution in [1.29, 1.82) is 0 Å². The van der Waals surface area contributed by atoms with Gasteiger partial charge in [0.15, 0.2) is 0 Å². The lowest BCUT2D eigenvalue weighted by atomic mass is 10.0. The molecule has 0 aliphatic heterocycles. The summed E-state index contributed by atoms with van der Waals surface area (Å²) in [5.74, 6) is -0.557. The van der Waals surface area contributed by atoms with Crippen molar-refractivity contribution < 1.29 is 19.1 Å². The molecule has 2 rings (SSSR count). The van der Waals surface area contributed by atoms with Crippen LogP contribution in [0.4, 0.5) is 4.79 Å². The van der Waals surface area contributed by atoms with Crippen LogP contribution in [0.5, 0.6) is 0 Å². The van der Waals surface area contributed by atoms with Crippen LogP contribution in [-0.4, -0.2) is 29.3 Å². The lowest BCUT2D eigenvalue weighted by Crippen LogP contribution is -2.26. The maximum Gasteiger partial charge on any atom is 0.411 e. The summed E-state index contributed by atoms with van der Waals surface area (Å²) in [5.41, 5.74) is 2.03. The van der Waals surface area contributed by atoms with Crippen LogP contribution in [0.15, 0.2) is 48.7 Å². The average Bonchev–Trinajstić information content (AvgIpc) is 3.03. The number of ether oxygens (including phenoxy) is 2. The number of H-pyrrole nitrogens is 1. The zero-order chi connectivity index (χ0) is 19.2. The first-order chi connectivity index (χ1) is 12.3. The molecule has 0 aliphatic rings. The normalized spacial score (nSPS) is 11.8. The van der Waals surface area contributed by atoms with Crippen LogP contribution in [0.1, 0.15) is 33.4 Å². The van der Waals surface area contributed by atoms with Gasteiger partial charge in [0.2, 0.25) is 0 Å². The van der Waals surface area contributed by atoms with Gasteiger partial charge in [-0.05, 0) is 39.3 Å². The number of carbonyl (C=O) groups excluding carboxylic acids is 2. The third kappa shape index (κ3) is 5.51. The van der Waals surface area contributed by atoms with Crippen LogP contribution in [-0.2, 0) is 14.3 Å². The van der Waals surface area contributed by atoms with E-state index < -0.39 is 17.7 Å². The van der Waals surface area contributed by atoms with Gasteiger partial charge in [0, 0.05) is 17.8 Å². The van der Waals surface area contributed by atoms with Crippen molar-refractivity contribution in [3.63, 3.8) is 0 Å². The van der Waals surface area contributed by atoms with Gasteiger partial charge >= 0.3 is 12.1 Å². The standard InChI is InChI=1S/C20H24N2O4/c1-5-25-19(24)22-16(13-17(23)26-20(2,3)4)18-15(11-12-21-18)14-9-7-6-8-10-14/h6-13,21H,5H2,1-4H3,(H,22,24)/b16-13-. The zero-order valence-electron chi connectivity index (χ0n) is 15.5. The molecule has 0 radical (unpaired) electrons. The summed E-state index contributed by atoms with van der Waals surface area (Å²) in [6, 6.07) is 11.5. The molecule has 26 heavy (non-hydrogen) atoms. The summed E-state index contributed by atoms with van der Waals surface area (Å²) >= 11 is 0. The summed E-state index contributed by atoms with van der Waals surface area (Å²) in [5, 5.41) is 2.62. The molecule has 2 aromatic rings. The minimum atomic E-state index is -0.643. The monoisotopic (exact) mass is 356 g/mol. The fourth-order valence-electron chi connectivity index (χ4n) is 2.35. The summed E-state index contributed by atoms with van der Waals surface area (Å²) < 4.78 is 10.3. The first-order valence-electron chi connectivity index (χ1n) is 8.42. The summed E-state index contributed by atoms with van der Waals surface area (Å²) in [6.45, 7) is 7.27. The first-order valence-corrected chi connectivity index (χ1v) is 8.42. The van der Waals surface area contributed by atoms with Gasteiger partial charge < -0.3 is 14.5 Å². The van der Waals surface area contributed by atoms with E-state index in [4.69, 9.17) is 9.47 Å². The molecule has 0 atom stereocenters. The number of esters is 1. The molecule has 1 aromatic heterocycles. The Labute approximate surface area is 153 Å². The van der Waals surface area contributed by atoms with Gasteiger partial charge in [-0.3, -0.25) is 5.32 Å². The molecule has 138 valence electrons. The minimum absolute atomic E-state index is 0.224. The predicted octanol–water partition coefficient (Wildman–Crippen LogP) is 4.11. The van der Waals surface area contributed by atoms with E-state index in [2.05, 4.69) is 10.3 Å². The Hall–Kier alpha value is -3.02. The van der Waals surface area contributed by atoms with Crippen molar-refractivity contribution >= 4 is 17.8 Å². The van der Waals surface area contributed by atoms with Crippen LogP contribution in [0.2, 0.25) is 0 Å². The molecule has 0 spiro atoms. The van der Waals surface area contributed by atoms with E-state index in [9.17, 15) is 9.59 Å². The number of nitrogens with one attached hydrogen (secondary N) is 2. The summed E-state index contributed by atoms with van der Waals surface area (Å²) in [7, 11) is 0. The fraction of sp³-hybridized carbons (Fsp3) is 0.300. The highest BCUT2D eigenvalue weighted by Crippen LogP contribution is 2.27. The second kappa shape index (κ2) is 8.38. The molecule has 0 bridgehead atoms. The second-order valence-electron chi connectivity index (χ2n) is 6.57. The van der Waals surface area contributed by atoms with Gasteiger partial charge in [0.05, 0.1) is 18.0 Å². The Balaban J connectivity index is 2.40. The number of benzene rings is 1. The first kappa shape index (κ1) is 19.3. The van der Waals surface area contributed by atoms with Gasteiger partial charge in [-0.25, -0.2) is 9.59 Å². The van der Waals surface area contributed by atoms with Crippen LogP contribution in [0, 0.1) is 0 Å². The molecule has 2 N–H and O–H groups in total. The van der Waals surface area contributed by atoms with Crippen LogP contribution in [0.25, 0.3) is 16.8 Å². The number of alkyl carbamates (subject to hydrolysis) is 1. The van der Waals surface area contributed by atoms with E-state index in [1.165, 1.54) is 6.08 Å². The number of amides is 1. The molecule has 0 saturated heterocycles. The molecule has 6 nitrogen and oxygen atoms in total. The molecule has 1 heterocycles. The van der Waals surface area contributed by atoms with E-state index in [0.717, 1.165) is 11.1 Å².